The Labute approximate surface area is 265 Å². The summed E-state index contributed by atoms with van der Waals surface area (Å²) in [5, 5.41) is 1.13. The quantitative estimate of drug-likeness (QED) is 0.134. The van der Waals surface area contributed by atoms with Gasteiger partial charge in [-0.25, -0.2) is 0 Å². The van der Waals surface area contributed by atoms with Crippen LogP contribution in [-0.4, -0.2) is 34.8 Å². The van der Waals surface area contributed by atoms with Crippen LogP contribution in [0.25, 0.3) is 0 Å². The molecule has 0 aromatic heterocycles. The van der Waals surface area contributed by atoms with E-state index in [4.69, 9.17) is 27.9 Å². The number of unbranched alkanes of at least 4 members (excludes halogenated alkanes) is 1. The molecule has 3 aromatic rings. The number of ether oxygens (including phenoxy) is 1. The van der Waals surface area contributed by atoms with Gasteiger partial charge in [-0.15, -0.1) is 0 Å². The van der Waals surface area contributed by atoms with Crippen LogP contribution < -0.4 is 4.90 Å². The molecule has 216 valence electrons. The monoisotopic (exact) mass is 706 g/mol. The van der Waals surface area contributed by atoms with Gasteiger partial charge in [-0.1, -0.05) is 47.5 Å². The Kier molecular flexibility index (Phi) is 10.0. The van der Waals surface area contributed by atoms with E-state index in [-0.39, 0.29) is 24.2 Å². The topological polar surface area (TPSA) is 66.9 Å². The maximum Gasteiger partial charge on any atom is 0.306 e. The van der Waals surface area contributed by atoms with E-state index in [2.05, 4.69) is 22.6 Å². The fourth-order valence-corrected chi connectivity index (χ4v) is 5.71. The van der Waals surface area contributed by atoms with Gasteiger partial charge in [0.1, 0.15) is 11.6 Å². The van der Waals surface area contributed by atoms with Crippen molar-refractivity contribution in [1.82, 2.24) is 4.90 Å². The van der Waals surface area contributed by atoms with Crippen molar-refractivity contribution in [3.05, 3.63) is 97.0 Å². The molecule has 1 aliphatic heterocycles. The van der Waals surface area contributed by atoms with Gasteiger partial charge in [-0.3, -0.25) is 14.4 Å². The second-order valence-electron chi connectivity index (χ2n) is 11.1. The molecule has 0 saturated heterocycles. The lowest BCUT2D eigenvalue weighted by atomic mass is 9.98. The van der Waals surface area contributed by atoms with Crippen LogP contribution in [0.15, 0.2) is 66.7 Å². The third-order valence-corrected chi connectivity index (χ3v) is 8.06. The van der Waals surface area contributed by atoms with Crippen molar-refractivity contribution in [2.24, 2.45) is 0 Å². The first-order valence-corrected chi connectivity index (χ1v) is 15.4. The average molecular weight is 707 g/mol. The Morgan fingerprint density at radius 3 is 2.17 bits per heavy atom. The van der Waals surface area contributed by atoms with Crippen LogP contribution in [0.4, 0.5) is 5.69 Å². The molecule has 0 unspecified atom stereocenters. The normalized spacial score (nSPS) is 16.3. The van der Waals surface area contributed by atoms with Gasteiger partial charge >= 0.3 is 5.97 Å². The van der Waals surface area contributed by atoms with Crippen molar-refractivity contribution in [3.8, 4) is 0 Å². The zero-order valence-electron chi connectivity index (χ0n) is 23.5. The molecule has 2 atom stereocenters. The highest BCUT2D eigenvalue weighted by atomic mass is 127. The molecular formula is C32H33Cl2IN2O4. The van der Waals surface area contributed by atoms with Gasteiger partial charge in [-0.05, 0) is 117 Å². The smallest absolute Gasteiger partial charge is 0.306 e. The molecule has 0 N–H and O–H groups in total. The summed E-state index contributed by atoms with van der Waals surface area (Å²) < 4.78 is 6.32. The number of hydrogen-bond acceptors (Lipinski definition) is 4. The number of nitrogens with zero attached hydrogens (tertiary/aromatic N) is 2. The predicted octanol–water partition coefficient (Wildman–Crippen LogP) is 8.40. The van der Waals surface area contributed by atoms with E-state index in [1.54, 1.807) is 46.2 Å². The molecule has 1 heterocycles. The first kappa shape index (κ1) is 31.3. The van der Waals surface area contributed by atoms with E-state index < -0.39 is 17.7 Å². The third kappa shape index (κ3) is 7.62. The zero-order valence-corrected chi connectivity index (χ0v) is 27.2. The summed E-state index contributed by atoms with van der Waals surface area (Å²) in [4.78, 5) is 44.5. The van der Waals surface area contributed by atoms with Crippen molar-refractivity contribution < 1.29 is 19.1 Å². The SMILES string of the molecule is C[C@H](c1ccc(Cl)cc1)N1C(=O)c2cc(I)ccc2N(CCCCC(=O)OC(C)(C)C)C(=O)[C@H]1c1ccc(Cl)cc1. The highest BCUT2D eigenvalue weighted by molar-refractivity contribution is 14.1. The average Bonchev–Trinajstić information content (AvgIpc) is 2.99. The minimum Gasteiger partial charge on any atom is -0.460 e. The summed E-state index contributed by atoms with van der Waals surface area (Å²) in [7, 11) is 0. The Morgan fingerprint density at radius 2 is 1.56 bits per heavy atom. The molecule has 0 radical (unpaired) electrons. The minimum absolute atomic E-state index is 0.223. The largest absolute Gasteiger partial charge is 0.460 e. The standard InChI is InChI=1S/C32H33Cl2IN2O4/c1-20(21-8-12-23(33)13-9-21)37-29(22-10-14-24(34)15-11-22)31(40)36(18-6-5-7-28(38)41-32(2,3)4)27-17-16-25(35)19-26(27)30(37)39/h8-17,19-20,29H,5-7,18H2,1-4H3/t20-,29-/m1/s1. The lowest BCUT2D eigenvalue weighted by Crippen LogP contribution is -2.44. The second-order valence-corrected chi connectivity index (χ2v) is 13.2. The molecule has 4 rings (SSSR count). The minimum atomic E-state index is -0.902. The number of esters is 1. The highest BCUT2D eigenvalue weighted by Crippen LogP contribution is 2.40. The number of halogens is 3. The summed E-state index contributed by atoms with van der Waals surface area (Å²) in [5.41, 5.74) is 1.98. The Bertz CT molecular complexity index is 1420. The number of amides is 2. The Morgan fingerprint density at radius 1 is 0.951 bits per heavy atom. The molecule has 0 spiro atoms. The number of rotatable bonds is 8. The Hall–Kier alpha value is -2.62. The molecule has 0 aliphatic carbocycles. The predicted molar refractivity (Wildman–Crippen MR) is 171 cm³/mol. The van der Waals surface area contributed by atoms with Crippen LogP contribution in [-0.2, 0) is 14.3 Å². The van der Waals surface area contributed by atoms with Gasteiger partial charge in [0.15, 0.2) is 0 Å². The van der Waals surface area contributed by atoms with Gasteiger partial charge in [0, 0.05) is 26.6 Å². The van der Waals surface area contributed by atoms with Crippen LogP contribution in [0.2, 0.25) is 10.0 Å². The van der Waals surface area contributed by atoms with Crippen LogP contribution >= 0.6 is 45.8 Å². The number of anilines is 1. The second kappa shape index (κ2) is 13.1. The van der Waals surface area contributed by atoms with E-state index in [1.165, 1.54) is 0 Å². The number of hydrogen-bond donors (Lipinski definition) is 0. The summed E-state index contributed by atoms with van der Waals surface area (Å²) in [6.07, 6.45) is 1.35. The lowest BCUT2D eigenvalue weighted by molar-refractivity contribution is -0.154. The molecule has 0 bridgehead atoms. The van der Waals surface area contributed by atoms with Crippen molar-refractivity contribution in [3.63, 3.8) is 0 Å². The fourth-order valence-electron chi connectivity index (χ4n) is 4.97. The van der Waals surface area contributed by atoms with E-state index in [1.807, 2.05) is 58.0 Å². The van der Waals surface area contributed by atoms with E-state index >= 15 is 0 Å². The maximum absolute atomic E-state index is 14.5. The van der Waals surface area contributed by atoms with Crippen molar-refractivity contribution in [2.45, 2.75) is 64.6 Å². The Balaban J connectivity index is 1.74. The summed E-state index contributed by atoms with van der Waals surface area (Å²) in [6, 6.07) is 18.6. The number of carbonyl (C=O) groups is 3. The third-order valence-electron chi connectivity index (χ3n) is 6.88. The number of carbonyl (C=O) groups excluding carboxylic acids is 3. The molecule has 41 heavy (non-hydrogen) atoms. The molecule has 0 fully saturated rings. The number of fused-ring (bicyclic) bond motifs is 1. The van der Waals surface area contributed by atoms with Crippen molar-refractivity contribution in [2.75, 3.05) is 11.4 Å². The molecule has 2 amide bonds. The molecular weight excluding hydrogens is 674 g/mol. The number of benzene rings is 3. The van der Waals surface area contributed by atoms with Crippen molar-refractivity contribution in [1.29, 1.82) is 0 Å². The van der Waals surface area contributed by atoms with Gasteiger partial charge < -0.3 is 14.5 Å². The zero-order chi connectivity index (χ0) is 29.9. The molecule has 9 heteroatoms. The molecule has 3 aromatic carbocycles. The van der Waals surface area contributed by atoms with Crippen LogP contribution in [0, 0.1) is 3.57 Å². The summed E-state index contributed by atoms with van der Waals surface area (Å²) in [6.45, 7) is 7.77. The van der Waals surface area contributed by atoms with Gasteiger partial charge in [0.05, 0.1) is 17.3 Å². The lowest BCUT2D eigenvalue weighted by Gasteiger charge is -2.36. The van der Waals surface area contributed by atoms with E-state index in [0.29, 0.717) is 46.2 Å². The van der Waals surface area contributed by atoms with E-state index in [9.17, 15) is 14.4 Å². The molecule has 1 aliphatic rings. The van der Waals surface area contributed by atoms with Gasteiger partial charge in [0.2, 0.25) is 0 Å². The summed E-state index contributed by atoms with van der Waals surface area (Å²) in [5.74, 6) is -0.740. The first-order chi connectivity index (χ1) is 19.4. The fraction of sp³-hybridized carbons (Fsp3) is 0.344. The highest BCUT2D eigenvalue weighted by Gasteiger charge is 2.42. The van der Waals surface area contributed by atoms with Crippen LogP contribution in [0.1, 0.15) is 80.5 Å². The maximum atomic E-state index is 14.5. The molecule has 6 nitrogen and oxygen atoms in total. The van der Waals surface area contributed by atoms with Gasteiger partial charge in [0.25, 0.3) is 11.8 Å². The van der Waals surface area contributed by atoms with Crippen molar-refractivity contribution >= 4 is 69.3 Å². The summed E-state index contributed by atoms with van der Waals surface area (Å²) >= 11 is 14.5. The van der Waals surface area contributed by atoms with Crippen LogP contribution in [0.5, 0.6) is 0 Å². The first-order valence-electron chi connectivity index (χ1n) is 13.5. The van der Waals surface area contributed by atoms with Crippen LogP contribution in [0.3, 0.4) is 0 Å². The van der Waals surface area contributed by atoms with Gasteiger partial charge in [-0.2, -0.15) is 0 Å². The molecule has 0 saturated carbocycles. The van der Waals surface area contributed by atoms with E-state index in [0.717, 1.165) is 9.13 Å².